The first-order valence-electron chi connectivity index (χ1n) is 27.4. The van der Waals surface area contributed by atoms with Crippen LogP contribution in [0, 0.1) is 23.3 Å². The lowest BCUT2D eigenvalue weighted by Gasteiger charge is -2.34. The van der Waals surface area contributed by atoms with Gasteiger partial charge in [-0.1, -0.05) is 19.1 Å². The van der Waals surface area contributed by atoms with Crippen molar-refractivity contribution in [3.05, 3.63) is 65.0 Å². The third-order valence-corrected chi connectivity index (χ3v) is 12.9. The molecule has 5 rings (SSSR count). The molecular formula is C54H75F4N7O18S. The number of rotatable bonds is 42. The highest BCUT2D eigenvalue weighted by Gasteiger charge is 2.34. The SMILES string of the molecule is CCCN(OCC)C(=O)C1=Cc2ccc(-c3cnc(N4CCN(C(=O)CCOCCOCCOCCOCCOCCOCCOCCOCCOCCOCCC(=O)Oc5c(F)c(F)c(S(=O)(=O)O)c(F)c5F)CC4)nc3)cc2N=C(N)C1. The Morgan fingerprint density at radius 1 is 0.631 bits per heavy atom. The van der Waals surface area contributed by atoms with Gasteiger partial charge in [0.15, 0.2) is 16.5 Å². The number of amides is 2. The zero-order chi connectivity index (χ0) is 60.5. The molecular weight excluding hydrogens is 1140 g/mol. The Morgan fingerprint density at radius 3 is 1.52 bits per heavy atom. The first-order chi connectivity index (χ1) is 40.6. The average molecular weight is 1220 g/mol. The Bertz CT molecular complexity index is 2660. The van der Waals surface area contributed by atoms with Gasteiger partial charge in [0, 0.05) is 68.2 Å². The molecule has 1 saturated heterocycles. The average Bonchev–Trinajstić information content (AvgIpc) is 3.80. The van der Waals surface area contributed by atoms with Crippen LogP contribution in [0.3, 0.4) is 0 Å². The minimum Gasteiger partial charge on any atom is -0.420 e. The van der Waals surface area contributed by atoms with Crippen molar-refractivity contribution in [1.29, 1.82) is 0 Å². The molecule has 0 saturated carbocycles. The number of nitrogens with two attached hydrogens (primary N) is 1. The molecule has 3 heterocycles. The summed E-state index contributed by atoms with van der Waals surface area (Å²) in [5.41, 5.74) is 9.86. The monoisotopic (exact) mass is 1220 g/mol. The molecule has 2 aromatic carbocycles. The van der Waals surface area contributed by atoms with Crippen molar-refractivity contribution >= 4 is 51.4 Å². The Balaban J connectivity index is 0.746. The molecule has 1 fully saturated rings. The van der Waals surface area contributed by atoms with Gasteiger partial charge in [-0.25, -0.2) is 28.8 Å². The third-order valence-electron chi connectivity index (χ3n) is 12.0. The summed E-state index contributed by atoms with van der Waals surface area (Å²) in [6.45, 7) is 12.9. The summed E-state index contributed by atoms with van der Waals surface area (Å²) < 4.78 is 145. The van der Waals surface area contributed by atoms with Gasteiger partial charge in [-0.15, -0.1) is 0 Å². The van der Waals surface area contributed by atoms with E-state index in [0.717, 1.165) is 23.1 Å². The van der Waals surface area contributed by atoms with Gasteiger partial charge in [0.2, 0.25) is 29.2 Å². The summed E-state index contributed by atoms with van der Waals surface area (Å²) in [4.78, 5) is 59.0. The lowest BCUT2D eigenvalue weighted by molar-refractivity contribution is -0.180. The molecule has 25 nitrogen and oxygen atoms in total. The largest absolute Gasteiger partial charge is 0.420 e. The van der Waals surface area contributed by atoms with Crippen LogP contribution in [0.2, 0.25) is 0 Å². The number of hydrogen-bond acceptors (Lipinski definition) is 22. The summed E-state index contributed by atoms with van der Waals surface area (Å²) in [5, 5.41) is 1.38. The smallest absolute Gasteiger partial charge is 0.313 e. The highest BCUT2D eigenvalue weighted by molar-refractivity contribution is 7.85. The third kappa shape index (κ3) is 23.9. The molecule has 0 bridgehead atoms. The quantitative estimate of drug-likeness (QED) is 0.0153. The van der Waals surface area contributed by atoms with Crippen molar-refractivity contribution in [1.82, 2.24) is 19.9 Å². The second kappa shape index (κ2) is 38.2. The van der Waals surface area contributed by atoms with E-state index in [1.807, 2.05) is 43.0 Å². The number of amidine groups is 1. The number of esters is 1. The van der Waals surface area contributed by atoms with Crippen molar-refractivity contribution < 1.29 is 102 Å². The van der Waals surface area contributed by atoms with Crippen LogP contribution in [0.15, 0.2) is 46.1 Å². The molecule has 1 aromatic heterocycles. The Kier molecular flexibility index (Phi) is 31.4. The zero-order valence-electron chi connectivity index (χ0n) is 47.2. The van der Waals surface area contributed by atoms with Gasteiger partial charge in [0.05, 0.1) is 157 Å². The van der Waals surface area contributed by atoms with Crippen LogP contribution in [0.1, 0.15) is 45.1 Å². The van der Waals surface area contributed by atoms with Crippen LogP contribution in [0.4, 0.5) is 29.2 Å². The molecule has 84 heavy (non-hydrogen) atoms. The standard InChI is InChI=1S/C54H75F4N7O18S/c1-3-9-65(82-4-2)53(68)41-34-40-6-5-39(35-43(40)62-44(59)36-41)42-37-60-54(61-38-42)64-12-10-63(11-13-64)45(66)7-14-72-16-18-74-20-22-76-24-26-78-28-30-80-32-33-81-31-29-79-27-25-77-23-21-75-19-17-73-15-8-46(67)83-51-47(55)49(57)52(84(69,70)71)50(58)48(51)56/h5-6,34-35,37-38H,3-4,7-33,36H2,1-2H3,(H2,59,62)(H,69,70,71). The van der Waals surface area contributed by atoms with E-state index in [1.165, 1.54) is 5.06 Å². The first-order valence-corrected chi connectivity index (χ1v) is 28.9. The van der Waals surface area contributed by atoms with Gasteiger partial charge in [-0.05, 0) is 31.1 Å². The summed E-state index contributed by atoms with van der Waals surface area (Å²) in [6, 6.07) is 5.76. The van der Waals surface area contributed by atoms with E-state index in [0.29, 0.717) is 161 Å². The van der Waals surface area contributed by atoms with Crippen LogP contribution in [0.5, 0.6) is 5.75 Å². The van der Waals surface area contributed by atoms with Crippen molar-refractivity contribution in [3.63, 3.8) is 0 Å². The van der Waals surface area contributed by atoms with Gasteiger partial charge in [-0.2, -0.15) is 17.2 Å². The molecule has 2 amide bonds. The molecule has 3 aromatic rings. The molecule has 0 atom stereocenters. The molecule has 2 aliphatic rings. The van der Waals surface area contributed by atoms with Crippen LogP contribution < -0.4 is 15.4 Å². The highest BCUT2D eigenvalue weighted by Crippen LogP contribution is 2.34. The van der Waals surface area contributed by atoms with Crippen molar-refractivity contribution in [2.24, 2.45) is 10.7 Å². The van der Waals surface area contributed by atoms with Gasteiger partial charge in [0.25, 0.3) is 5.91 Å². The number of hydroxylamine groups is 2. The van der Waals surface area contributed by atoms with Crippen LogP contribution in [-0.2, 0) is 76.7 Å². The summed E-state index contributed by atoms with van der Waals surface area (Å²) in [7, 11) is -5.65. The van der Waals surface area contributed by atoms with Gasteiger partial charge < -0.3 is 67.6 Å². The molecule has 468 valence electrons. The predicted octanol–water partition coefficient (Wildman–Crippen LogP) is 4.11. The Hall–Kier alpha value is -5.87. The topological polar surface area (TPSA) is 290 Å². The summed E-state index contributed by atoms with van der Waals surface area (Å²) in [5.74, 6) is -12.0. The fraction of sp³-hybridized carbons (Fsp3) is 0.593. The number of carbonyl (C=O) groups is 3. The van der Waals surface area contributed by atoms with Gasteiger partial charge in [0.1, 0.15) is 5.84 Å². The van der Waals surface area contributed by atoms with Gasteiger partial charge in [-0.3, -0.25) is 23.8 Å². The second-order valence-corrected chi connectivity index (χ2v) is 19.5. The van der Waals surface area contributed by atoms with E-state index in [2.05, 4.69) is 24.6 Å². The van der Waals surface area contributed by atoms with Crippen LogP contribution in [0.25, 0.3) is 17.2 Å². The molecule has 3 N–H and O–H groups in total. The number of piperazine rings is 1. The molecule has 0 unspecified atom stereocenters. The lowest BCUT2D eigenvalue weighted by atomic mass is 10.0. The summed E-state index contributed by atoms with van der Waals surface area (Å²) >= 11 is 0. The zero-order valence-corrected chi connectivity index (χ0v) is 48.1. The number of aliphatic imine (C=N–C) groups is 1. The fourth-order valence-electron chi connectivity index (χ4n) is 7.87. The molecule has 0 spiro atoms. The highest BCUT2D eigenvalue weighted by atomic mass is 32.2. The number of benzene rings is 2. The maximum Gasteiger partial charge on any atom is 0.313 e. The number of carbonyl (C=O) groups excluding carboxylic acids is 3. The Morgan fingerprint density at radius 2 is 1.08 bits per heavy atom. The van der Waals surface area contributed by atoms with Crippen molar-refractivity contribution in [3.8, 4) is 16.9 Å². The normalized spacial score (nSPS) is 13.6. The number of fused-ring (bicyclic) bond motifs is 1. The van der Waals surface area contributed by atoms with Gasteiger partial charge >= 0.3 is 16.1 Å². The van der Waals surface area contributed by atoms with Crippen LogP contribution in [-0.4, -0.2) is 228 Å². The predicted molar refractivity (Wildman–Crippen MR) is 293 cm³/mol. The molecule has 0 radical (unpaired) electrons. The fourth-order valence-corrected chi connectivity index (χ4v) is 8.50. The molecule has 30 heteroatoms. The van der Waals surface area contributed by atoms with Crippen LogP contribution >= 0.6 is 0 Å². The van der Waals surface area contributed by atoms with E-state index in [1.54, 1.807) is 12.4 Å². The van der Waals surface area contributed by atoms with Crippen molar-refractivity contribution in [2.45, 2.75) is 44.4 Å². The number of halogens is 4. The number of aromatic nitrogens is 2. The minimum absolute atomic E-state index is 0.0169. The number of nitrogens with zero attached hydrogens (tertiary/aromatic N) is 6. The molecule has 0 aliphatic carbocycles. The van der Waals surface area contributed by atoms with Crippen molar-refractivity contribution in [2.75, 3.05) is 176 Å². The Labute approximate surface area is 485 Å². The van der Waals surface area contributed by atoms with E-state index in [9.17, 15) is 40.4 Å². The minimum atomic E-state index is -5.65. The number of hydrogen-bond donors (Lipinski definition) is 2. The van der Waals surface area contributed by atoms with E-state index in [4.69, 9.17) is 62.5 Å². The summed E-state index contributed by atoms with van der Waals surface area (Å²) in [6.07, 6.45) is 6.01. The number of ether oxygens (including phenoxy) is 11. The van der Waals surface area contributed by atoms with E-state index < -0.39 is 56.4 Å². The van der Waals surface area contributed by atoms with E-state index >= 15 is 0 Å². The maximum atomic E-state index is 14.0. The second-order valence-electron chi connectivity index (χ2n) is 18.2. The number of anilines is 1. The maximum absolute atomic E-state index is 14.0. The van der Waals surface area contributed by atoms with E-state index in [-0.39, 0.29) is 57.7 Å². The lowest BCUT2D eigenvalue weighted by Crippen LogP contribution is -2.49. The first kappa shape index (κ1) is 68.9. The molecule has 2 aliphatic heterocycles.